The highest BCUT2D eigenvalue weighted by molar-refractivity contribution is 6.01. The molecule has 2 aliphatic heterocycles. The Hall–Kier alpha value is -4.88. The standard InChI is InChI=1S/C28H39F3N8O3.C22H37N8.2BrH.2ClH/c1-4-5-6-13-36-18-19-39(26(42)28(29,30)31)25-20-23(9-10-24(25)36)34-35-27-37(14-7-11-32-21(2)40)16-17-38(27)15-8-12-33-22(3)41;1-2-3-4-12-28-15-11-25-20-18-19(7-8-21(20)28)26-27-22-29(13-5-9-23)16-17-30(22)14-6-10-24;;;;/h9-10,16-17,20H,4-8,11-15,18-19H2,1-3H3,(H-,32,33,40,41);7-8,16-18,25H,2-6,9-15,23-24H2,1H3;4*1H/q;+1;;;;/p-1. The number of azo groups is 2. The molecule has 2 aliphatic rings. The summed E-state index contributed by atoms with van der Waals surface area (Å²) in [6.07, 6.45) is 12.9. The number of anilines is 4. The van der Waals surface area contributed by atoms with Gasteiger partial charge in [0.25, 0.3) is 0 Å². The number of hydrogen-bond acceptors (Lipinski definition) is 10. The number of nitrogens with one attached hydrogen (secondary N) is 3. The number of aryl methyl sites for hydroxylation is 4. The van der Waals surface area contributed by atoms with Crippen molar-refractivity contribution >= 4 is 63.7 Å². The fourth-order valence-electron chi connectivity index (χ4n) is 8.55. The van der Waals surface area contributed by atoms with Crippen LogP contribution in [-0.2, 0) is 40.6 Å². The highest BCUT2D eigenvalue weighted by Crippen LogP contribution is 2.39. The van der Waals surface area contributed by atoms with E-state index < -0.39 is 12.1 Å². The molecule has 0 unspecified atom stereocenters. The van der Waals surface area contributed by atoms with Crippen molar-refractivity contribution in [3.8, 4) is 0 Å². The van der Waals surface area contributed by atoms with Crippen LogP contribution >= 0.6 is 0 Å². The lowest BCUT2D eigenvalue weighted by molar-refractivity contribution is -0.686. The van der Waals surface area contributed by atoms with E-state index >= 15 is 0 Å². The summed E-state index contributed by atoms with van der Waals surface area (Å²) in [4.78, 5) is 40.0. The van der Waals surface area contributed by atoms with Gasteiger partial charge in [0.1, 0.15) is 11.4 Å². The number of hydrogen-bond donors (Lipinski definition) is 5. The average Bonchev–Trinajstić information content (AvgIpc) is 3.95. The van der Waals surface area contributed by atoms with Crippen LogP contribution < -0.4 is 110 Å². The van der Waals surface area contributed by atoms with Gasteiger partial charge in [-0.15, -0.1) is 0 Å². The molecule has 0 saturated carbocycles. The molecule has 4 heterocycles. The summed E-state index contributed by atoms with van der Waals surface area (Å²) in [6.45, 7) is 17.0. The number of benzene rings is 2. The molecule has 3 amide bonds. The molecule has 0 spiro atoms. The van der Waals surface area contributed by atoms with E-state index in [4.69, 9.17) is 0 Å². The van der Waals surface area contributed by atoms with Crippen LogP contribution in [-0.4, -0.2) is 98.5 Å². The van der Waals surface area contributed by atoms with Crippen molar-refractivity contribution in [1.82, 2.24) is 19.8 Å². The highest BCUT2D eigenvalue weighted by Gasteiger charge is 2.45. The van der Waals surface area contributed by atoms with E-state index in [2.05, 4.69) is 106 Å². The first-order chi connectivity index (χ1) is 34.8. The lowest BCUT2D eigenvalue weighted by atomic mass is 10.1. The molecule has 426 valence electrons. The van der Waals surface area contributed by atoms with Crippen LogP contribution in [0.15, 0.2) is 81.6 Å². The van der Waals surface area contributed by atoms with Crippen LogP contribution in [0, 0.1) is 0 Å². The number of unbranched alkanes of at least 4 members (excludes halogenated alkanes) is 4. The Morgan fingerprint density at radius 3 is 1.68 bits per heavy atom. The maximum absolute atomic E-state index is 13.4. The van der Waals surface area contributed by atoms with Crippen molar-refractivity contribution in [2.45, 2.75) is 124 Å². The van der Waals surface area contributed by atoms with Crippen molar-refractivity contribution < 1.29 is 107 Å². The van der Waals surface area contributed by atoms with E-state index in [9.17, 15) is 27.6 Å². The second-order valence-electron chi connectivity index (χ2n) is 18.1. The summed E-state index contributed by atoms with van der Waals surface area (Å²) in [5, 5.41) is 27.1. The first-order valence-electron chi connectivity index (χ1n) is 25.8. The zero-order valence-corrected chi connectivity index (χ0v) is 49.1. The van der Waals surface area contributed by atoms with Crippen LogP contribution in [0.2, 0.25) is 0 Å². The molecule has 0 radical (unpaired) electrons. The number of aromatic nitrogens is 4. The number of fused-ring (bicyclic) bond motifs is 2. The minimum absolute atomic E-state index is 0. The Morgan fingerprint density at radius 2 is 1.14 bits per heavy atom. The average molecular weight is 1240 g/mol. The van der Waals surface area contributed by atoms with E-state index in [-0.39, 0.29) is 82.8 Å². The van der Waals surface area contributed by atoms with E-state index in [0.29, 0.717) is 69.4 Å². The molecule has 2 aromatic carbocycles. The first-order valence-corrected chi connectivity index (χ1v) is 25.8. The van der Waals surface area contributed by atoms with Crippen molar-refractivity contribution in [3.63, 3.8) is 0 Å². The van der Waals surface area contributed by atoms with Crippen LogP contribution in [0.4, 0.5) is 59.2 Å². The van der Waals surface area contributed by atoms with Gasteiger partial charge in [0.2, 0.25) is 11.8 Å². The minimum atomic E-state index is -5.00. The number of carbonyl (C=O) groups is 3. The van der Waals surface area contributed by atoms with Crippen molar-refractivity contribution in [1.29, 1.82) is 0 Å². The summed E-state index contributed by atoms with van der Waals surface area (Å²) in [5.41, 5.74) is 12.3. The van der Waals surface area contributed by atoms with Crippen molar-refractivity contribution in [2.24, 2.45) is 20.5 Å². The maximum atomic E-state index is 13.4. The third kappa shape index (κ3) is 21.5. The zero-order chi connectivity index (χ0) is 51.9. The number of amides is 3. The Balaban J connectivity index is 0.000000756. The predicted molar refractivity (Wildman–Crippen MR) is 272 cm³/mol. The molecule has 76 heavy (non-hydrogen) atoms. The van der Waals surface area contributed by atoms with Gasteiger partial charge >= 0.3 is 24.0 Å². The Morgan fingerprint density at radius 1 is 0.632 bits per heavy atom. The molecule has 0 aliphatic carbocycles. The van der Waals surface area contributed by atoms with Gasteiger partial charge in [0.05, 0.1) is 86.8 Å². The van der Waals surface area contributed by atoms with Gasteiger partial charge in [0, 0.05) is 89.3 Å². The van der Waals surface area contributed by atoms with Gasteiger partial charge < -0.3 is 101 Å². The molecule has 0 atom stereocenters. The number of imidazole rings is 2. The first kappa shape index (κ1) is 69.1. The third-order valence-electron chi connectivity index (χ3n) is 12.3. The van der Waals surface area contributed by atoms with Crippen LogP contribution in [0.25, 0.3) is 0 Å². The molecule has 0 fully saturated rings. The summed E-state index contributed by atoms with van der Waals surface area (Å²) < 4.78 is 48.4. The number of halogens is 7. The number of rotatable bonds is 26. The monoisotopic (exact) mass is 1240 g/mol. The molecular weight excluding hydrogens is 1160 g/mol. The fourth-order valence-corrected chi connectivity index (χ4v) is 8.55. The molecule has 19 nitrogen and oxygen atoms in total. The van der Waals surface area contributed by atoms with E-state index in [0.717, 1.165) is 100 Å². The highest BCUT2D eigenvalue weighted by atomic mass is 79.9. The van der Waals surface area contributed by atoms with E-state index in [1.807, 2.05) is 26.4 Å². The van der Waals surface area contributed by atoms with E-state index in [1.54, 1.807) is 12.1 Å². The smallest absolute Gasteiger partial charge is 0.471 e. The molecule has 4 aromatic rings. The lowest BCUT2D eigenvalue weighted by Crippen LogP contribution is -3.00. The predicted octanol–water partition coefficient (Wildman–Crippen LogP) is -5.96. The summed E-state index contributed by atoms with van der Waals surface area (Å²) in [7, 11) is 0. The van der Waals surface area contributed by atoms with Crippen LogP contribution in [0.1, 0.15) is 91.9 Å². The molecule has 2 aromatic heterocycles. The summed E-state index contributed by atoms with van der Waals surface area (Å²) in [6, 6.07) is 11.2. The Labute approximate surface area is 479 Å². The van der Waals surface area contributed by atoms with Gasteiger partial charge in [-0.2, -0.15) is 13.2 Å². The number of nitrogens with zero attached hydrogens (tertiary/aromatic N) is 11. The van der Waals surface area contributed by atoms with Gasteiger partial charge in [0.15, 0.2) is 0 Å². The van der Waals surface area contributed by atoms with Crippen LogP contribution in [0.5, 0.6) is 0 Å². The molecular formula is C50H79Br2Cl2F3N16O3. The van der Waals surface area contributed by atoms with Gasteiger partial charge in [-0.25, -0.2) is 18.3 Å². The zero-order valence-electron chi connectivity index (χ0n) is 44.4. The molecule has 9 N–H and O–H groups in total. The normalized spacial score (nSPS) is 12.8. The van der Waals surface area contributed by atoms with E-state index in [1.165, 1.54) is 44.9 Å². The second kappa shape index (κ2) is 36.3. The largest absolute Gasteiger partial charge is 1.00 e. The minimum Gasteiger partial charge on any atom is -1.00 e. The van der Waals surface area contributed by atoms with Crippen LogP contribution in [0.3, 0.4) is 0 Å². The molecule has 6 rings (SSSR count). The summed E-state index contributed by atoms with van der Waals surface area (Å²) >= 11 is 0. The third-order valence-corrected chi connectivity index (χ3v) is 12.3. The van der Waals surface area contributed by atoms with Gasteiger partial charge in [-0.1, -0.05) is 49.8 Å². The fraction of sp³-hybridized carbons (Fsp3) is 0.580. The molecule has 0 bridgehead atoms. The summed E-state index contributed by atoms with van der Waals surface area (Å²) in [5.74, 6) is -0.752. The molecule has 26 heteroatoms. The maximum Gasteiger partial charge on any atom is 0.471 e. The topological polar surface area (TPSA) is 219 Å². The number of carbonyl (C=O) groups excluding carboxylic acids is 3. The second-order valence-corrected chi connectivity index (χ2v) is 18.1. The van der Waals surface area contributed by atoms with Gasteiger partial charge in [-0.05, 0) is 62.1 Å². The number of alkyl halides is 3. The lowest BCUT2D eigenvalue weighted by Gasteiger charge is -2.38. The van der Waals surface area contributed by atoms with Crippen molar-refractivity contribution in [3.05, 3.63) is 61.2 Å². The van der Waals surface area contributed by atoms with Gasteiger partial charge in [-0.3, -0.25) is 14.4 Å². The number of quaternary nitrogens is 2. The Bertz CT molecular complexity index is 2360. The quantitative estimate of drug-likeness (QED) is 0.0234. The SMILES string of the molecule is CCCCCN1CCN(C(=O)C(F)(F)F)c2cc(N=Nc3n(CCCNC(C)=O)cc[n+]3CCCNC(C)=O)ccc21.CCCCCN1CCNc2cc(N=Nc3n(CCC[NH3+])cc[n+]3CCC[NH3+])ccc21.[Br-].[Br-].[Cl-].[Cl-]. The van der Waals surface area contributed by atoms with Crippen molar-refractivity contribution in [2.75, 3.05) is 85.5 Å². The Kier molecular flexibility index (Phi) is 33.0. The molecule has 0 saturated heterocycles.